The molecule has 2 heterocycles. The maximum absolute atomic E-state index is 12.4. The van der Waals surface area contributed by atoms with Gasteiger partial charge in [0, 0.05) is 58.6 Å². The first-order valence-electron chi connectivity index (χ1n) is 14.3. The molecule has 234 valence electrons. The van der Waals surface area contributed by atoms with Gasteiger partial charge in [0.25, 0.3) is 0 Å². The number of ether oxygens (including phenoxy) is 2. The van der Waals surface area contributed by atoms with Gasteiger partial charge in [-0.2, -0.15) is 0 Å². The van der Waals surface area contributed by atoms with E-state index in [9.17, 15) is 4.79 Å². The molecular weight excluding hydrogens is 522 g/mol. The first-order valence-corrected chi connectivity index (χ1v) is 14.3. The molecule has 0 unspecified atom stereocenters. The molecule has 1 saturated heterocycles. The molecule has 0 atom stereocenters. The molecule has 0 radical (unpaired) electrons. The third-order valence-corrected chi connectivity index (χ3v) is 5.32. The van der Waals surface area contributed by atoms with Crippen LogP contribution in [0, 0.1) is 0 Å². The zero-order valence-electron chi connectivity index (χ0n) is 27.7. The third kappa shape index (κ3) is 11.9. The second-order valence-corrected chi connectivity index (χ2v) is 8.67. The van der Waals surface area contributed by atoms with E-state index in [-0.39, 0.29) is 6.09 Å². The van der Waals surface area contributed by atoms with Crippen molar-refractivity contribution in [3.8, 4) is 5.75 Å². The Labute approximate surface area is 248 Å². The molecule has 1 aromatic heterocycles. The summed E-state index contributed by atoms with van der Waals surface area (Å²) >= 11 is 0. The first kappa shape index (κ1) is 39.6. The number of hydrogen-bond donors (Lipinski definition) is 2. The number of carbonyl (C=O) groups is 1. The smallest absolute Gasteiger partial charge is 0.410 e. The number of rotatable bonds is 6. The lowest BCUT2D eigenvalue weighted by atomic mass is 10.1. The molecule has 1 fully saturated rings. The monoisotopic (exact) mass is 577 g/mol. The zero-order valence-corrected chi connectivity index (χ0v) is 27.7. The van der Waals surface area contributed by atoms with E-state index in [1.807, 2.05) is 80.5 Å². The zero-order chi connectivity index (χ0) is 32.2. The summed E-state index contributed by atoms with van der Waals surface area (Å²) in [5.74, 6) is 1.27. The average Bonchev–Trinajstić information content (AvgIpc) is 3.44. The minimum Gasteiger partial charge on any atom is -0.496 e. The molecule has 0 bridgehead atoms. The van der Waals surface area contributed by atoms with Gasteiger partial charge in [-0.15, -0.1) is 0 Å². The van der Waals surface area contributed by atoms with E-state index in [0.29, 0.717) is 43.3 Å². The number of allylic oxidation sites excluding steroid dienone is 2. The van der Waals surface area contributed by atoms with Crippen molar-refractivity contribution in [1.29, 1.82) is 0 Å². The Morgan fingerprint density at radius 2 is 1.61 bits per heavy atom. The molecule has 10 nitrogen and oxygen atoms in total. The lowest BCUT2D eigenvalue weighted by Crippen LogP contribution is -2.49. The molecule has 1 aromatic carbocycles. The Hall–Kier alpha value is -3.53. The van der Waals surface area contributed by atoms with Crippen LogP contribution in [-0.4, -0.2) is 92.0 Å². The van der Waals surface area contributed by atoms with Crippen LogP contribution in [0.2, 0.25) is 0 Å². The number of hydrogen-bond acceptors (Lipinski definition) is 9. The molecular formula is C31H55N5O5. The number of aliphatic hydroxyl groups is 1. The van der Waals surface area contributed by atoms with Crippen LogP contribution in [0.3, 0.4) is 0 Å². The van der Waals surface area contributed by atoms with Gasteiger partial charge in [-0.3, -0.25) is 4.99 Å². The van der Waals surface area contributed by atoms with Gasteiger partial charge < -0.3 is 34.2 Å². The van der Waals surface area contributed by atoms with E-state index < -0.39 is 5.60 Å². The highest BCUT2D eigenvalue weighted by Crippen LogP contribution is 2.33. The number of anilines is 1. The Bertz CT molecular complexity index is 1080. The lowest BCUT2D eigenvalue weighted by Gasteiger charge is -2.37. The highest BCUT2D eigenvalue weighted by Gasteiger charge is 2.26. The summed E-state index contributed by atoms with van der Waals surface area (Å²) in [6.07, 6.45) is 3.50. The Morgan fingerprint density at radius 3 is 2.05 bits per heavy atom. The van der Waals surface area contributed by atoms with E-state index in [2.05, 4.69) is 26.9 Å². The number of benzene rings is 1. The van der Waals surface area contributed by atoms with Gasteiger partial charge in [-0.1, -0.05) is 53.3 Å². The summed E-state index contributed by atoms with van der Waals surface area (Å²) < 4.78 is 16.6. The summed E-state index contributed by atoms with van der Waals surface area (Å²) in [5, 5.41) is 14.8. The number of methoxy groups -OCH3 is 1. The van der Waals surface area contributed by atoms with Crippen LogP contribution in [0.25, 0.3) is 11.0 Å². The SMILES string of the molecule is C=C/C(=C\C(=NC)c1cc(OC)c2c(NC)noc2c1)N1CCN(C(=O)OC(C)(C)C)CC1.CC.CC.CC.CO. The fraction of sp³-hybridized carbons (Fsp3) is 0.581. The van der Waals surface area contributed by atoms with Crippen molar-refractivity contribution in [2.24, 2.45) is 4.99 Å². The normalized spacial score (nSPS) is 13.1. The highest BCUT2D eigenvalue weighted by atomic mass is 16.6. The average molecular weight is 578 g/mol. The van der Waals surface area contributed by atoms with E-state index in [0.717, 1.165) is 29.5 Å². The van der Waals surface area contributed by atoms with Gasteiger partial charge >= 0.3 is 6.09 Å². The van der Waals surface area contributed by atoms with E-state index >= 15 is 0 Å². The minimum absolute atomic E-state index is 0.282. The number of amides is 1. The quantitative estimate of drug-likeness (QED) is 0.291. The largest absolute Gasteiger partial charge is 0.496 e. The van der Waals surface area contributed by atoms with Crippen LogP contribution in [0.15, 0.2) is 46.1 Å². The summed E-state index contributed by atoms with van der Waals surface area (Å²) in [5.41, 5.74) is 2.61. The number of aromatic nitrogens is 1. The molecule has 0 spiro atoms. The maximum Gasteiger partial charge on any atom is 0.410 e. The molecule has 2 N–H and O–H groups in total. The molecule has 0 saturated carbocycles. The van der Waals surface area contributed by atoms with Crippen molar-refractivity contribution in [2.75, 3.05) is 59.8 Å². The fourth-order valence-electron chi connectivity index (χ4n) is 3.69. The predicted molar refractivity (Wildman–Crippen MR) is 172 cm³/mol. The molecule has 2 aromatic rings. The van der Waals surface area contributed by atoms with Gasteiger partial charge in [0.05, 0.1) is 12.8 Å². The molecule has 10 heteroatoms. The fourth-order valence-corrected chi connectivity index (χ4v) is 3.69. The minimum atomic E-state index is -0.507. The second-order valence-electron chi connectivity index (χ2n) is 8.67. The molecule has 0 aliphatic carbocycles. The Kier molecular flexibility index (Phi) is 20.5. The maximum atomic E-state index is 12.4. The van der Waals surface area contributed by atoms with Crippen LogP contribution < -0.4 is 10.1 Å². The molecule has 1 amide bonds. The topological polar surface area (TPSA) is 113 Å². The Morgan fingerprint density at radius 1 is 1.07 bits per heavy atom. The van der Waals surface area contributed by atoms with Gasteiger partial charge in [0.1, 0.15) is 16.7 Å². The van der Waals surface area contributed by atoms with Crippen molar-refractivity contribution in [2.45, 2.75) is 67.9 Å². The van der Waals surface area contributed by atoms with Crippen LogP contribution in [0.5, 0.6) is 5.75 Å². The number of aliphatic imine (C=N–C) groups is 1. The molecule has 3 rings (SSSR count). The van der Waals surface area contributed by atoms with Crippen molar-refractivity contribution in [1.82, 2.24) is 15.0 Å². The molecule has 1 aliphatic heterocycles. The number of nitrogens with zero attached hydrogens (tertiary/aromatic N) is 4. The summed E-state index contributed by atoms with van der Waals surface area (Å²) in [6, 6.07) is 3.81. The van der Waals surface area contributed by atoms with Crippen LogP contribution in [0.4, 0.5) is 10.6 Å². The predicted octanol–water partition coefficient (Wildman–Crippen LogP) is 6.61. The van der Waals surface area contributed by atoms with Crippen molar-refractivity contribution >= 4 is 28.6 Å². The first-order chi connectivity index (χ1) is 19.7. The van der Waals surface area contributed by atoms with Crippen molar-refractivity contribution < 1.29 is 23.9 Å². The number of piperazine rings is 1. The van der Waals surface area contributed by atoms with Crippen molar-refractivity contribution in [3.05, 3.63) is 42.1 Å². The number of aliphatic hydroxyl groups excluding tert-OH is 1. The van der Waals surface area contributed by atoms with E-state index in [1.165, 1.54) is 0 Å². The standard InChI is InChI=1S/C24H33N5O4.3C2H6.CH4O/c1-8-17(28-9-11-29(12-10-28)23(30)32-24(2,3)4)15-18(25-5)16-13-19(31-7)21-20(14-16)33-27-22(21)26-6;4*1-2/h8,13-15H,1,9-12H2,2-7H3,(H,26,27);3*1-2H3;2H,1H3/b17-15+,25-18?;;;;. The van der Waals surface area contributed by atoms with Crippen molar-refractivity contribution in [3.63, 3.8) is 0 Å². The van der Waals surface area contributed by atoms with Crippen LogP contribution in [-0.2, 0) is 4.74 Å². The third-order valence-electron chi connectivity index (χ3n) is 5.32. The van der Waals surface area contributed by atoms with Gasteiger partial charge in [-0.05, 0) is 45.1 Å². The highest BCUT2D eigenvalue weighted by molar-refractivity contribution is 6.12. The molecule has 41 heavy (non-hydrogen) atoms. The van der Waals surface area contributed by atoms with E-state index in [1.54, 1.807) is 32.2 Å². The lowest BCUT2D eigenvalue weighted by molar-refractivity contribution is 0.0171. The number of carbonyl (C=O) groups excluding carboxylic acids is 1. The summed E-state index contributed by atoms with van der Waals surface area (Å²) in [7, 11) is 6.14. The summed E-state index contributed by atoms with van der Waals surface area (Å²) in [4.78, 5) is 20.8. The second kappa shape index (κ2) is 21.2. The van der Waals surface area contributed by atoms with Crippen LogP contribution >= 0.6 is 0 Å². The van der Waals surface area contributed by atoms with Gasteiger partial charge in [0.15, 0.2) is 11.4 Å². The van der Waals surface area contributed by atoms with Gasteiger partial charge in [0.2, 0.25) is 0 Å². The molecule has 1 aliphatic rings. The van der Waals surface area contributed by atoms with E-state index in [4.69, 9.17) is 19.1 Å². The number of fused-ring (bicyclic) bond motifs is 1. The van der Waals surface area contributed by atoms with Gasteiger partial charge in [-0.25, -0.2) is 4.79 Å². The van der Waals surface area contributed by atoms with Crippen LogP contribution in [0.1, 0.15) is 67.9 Å². The Balaban J connectivity index is 0. The summed E-state index contributed by atoms with van der Waals surface area (Å²) in [6.45, 7) is 24.1. The number of nitrogens with one attached hydrogen (secondary N) is 1.